The van der Waals surface area contributed by atoms with Gasteiger partial charge < -0.3 is 15.2 Å². The largest absolute Gasteiger partial charge is 0.463 e. The van der Waals surface area contributed by atoms with Crippen molar-refractivity contribution in [3.05, 3.63) is 0 Å². The summed E-state index contributed by atoms with van der Waals surface area (Å²) in [7, 11) is 0. The Bertz CT molecular complexity index is 160. The fourth-order valence-electron chi connectivity index (χ4n) is 1.10. The Kier molecular flexibility index (Phi) is 9.52. The second-order valence-corrected chi connectivity index (χ2v) is 3.74. The van der Waals surface area contributed by atoms with E-state index in [1.807, 2.05) is 13.8 Å². The van der Waals surface area contributed by atoms with E-state index in [0.29, 0.717) is 26.2 Å². The third kappa shape index (κ3) is 11.3. The summed E-state index contributed by atoms with van der Waals surface area (Å²) >= 11 is 0. The monoisotopic (exact) mass is 217 g/mol. The Morgan fingerprint density at radius 2 is 1.93 bits per heavy atom. The Balaban J connectivity index is 3.19. The van der Waals surface area contributed by atoms with Crippen molar-refractivity contribution in [1.82, 2.24) is 0 Å². The van der Waals surface area contributed by atoms with Gasteiger partial charge in [-0.25, -0.2) is 0 Å². The molecule has 0 unspecified atom stereocenters. The van der Waals surface area contributed by atoms with Crippen LogP contribution in [0.3, 0.4) is 0 Å². The fraction of sp³-hybridized carbons (Fsp3) is 0.909. The van der Waals surface area contributed by atoms with Gasteiger partial charge >= 0.3 is 5.97 Å². The molecule has 90 valence electrons. The summed E-state index contributed by atoms with van der Waals surface area (Å²) in [6, 6.07) is 0. The van der Waals surface area contributed by atoms with E-state index in [-0.39, 0.29) is 12.1 Å². The van der Waals surface area contributed by atoms with Crippen molar-refractivity contribution >= 4 is 5.97 Å². The number of ether oxygens (including phenoxy) is 2. The first-order valence-corrected chi connectivity index (χ1v) is 5.64. The number of nitrogens with two attached hydrogens (primary N) is 1. The first-order valence-electron chi connectivity index (χ1n) is 5.64. The van der Waals surface area contributed by atoms with E-state index in [0.717, 1.165) is 19.3 Å². The lowest BCUT2D eigenvalue weighted by atomic mass is 10.2. The van der Waals surface area contributed by atoms with Crippen LogP contribution in [0.5, 0.6) is 0 Å². The summed E-state index contributed by atoms with van der Waals surface area (Å²) < 4.78 is 10.2. The zero-order chi connectivity index (χ0) is 11.5. The number of unbranched alkanes of at least 4 members (excludes halogenated alkanes) is 2. The van der Waals surface area contributed by atoms with E-state index in [9.17, 15) is 4.79 Å². The van der Waals surface area contributed by atoms with Crippen LogP contribution in [-0.2, 0) is 14.3 Å². The van der Waals surface area contributed by atoms with Crippen LogP contribution >= 0.6 is 0 Å². The molecule has 0 aromatic carbocycles. The van der Waals surface area contributed by atoms with Crippen LogP contribution in [0.25, 0.3) is 0 Å². The highest BCUT2D eigenvalue weighted by Crippen LogP contribution is 2.00. The van der Waals surface area contributed by atoms with Crippen molar-refractivity contribution in [2.45, 2.75) is 45.6 Å². The van der Waals surface area contributed by atoms with E-state index in [4.69, 9.17) is 15.2 Å². The van der Waals surface area contributed by atoms with E-state index in [1.54, 1.807) is 0 Å². The molecule has 0 heterocycles. The summed E-state index contributed by atoms with van der Waals surface area (Å²) in [5, 5.41) is 0. The molecule has 0 rings (SSSR count). The molecule has 0 aliphatic heterocycles. The Morgan fingerprint density at radius 1 is 1.20 bits per heavy atom. The first kappa shape index (κ1) is 14.4. The molecule has 4 nitrogen and oxygen atoms in total. The minimum Gasteiger partial charge on any atom is -0.463 e. The lowest BCUT2D eigenvalue weighted by Crippen LogP contribution is -2.13. The molecule has 0 bridgehead atoms. The van der Waals surface area contributed by atoms with Gasteiger partial charge in [0, 0.05) is 6.42 Å². The van der Waals surface area contributed by atoms with Crippen molar-refractivity contribution in [3.63, 3.8) is 0 Å². The van der Waals surface area contributed by atoms with Gasteiger partial charge in [-0.3, -0.25) is 4.79 Å². The molecule has 0 atom stereocenters. The lowest BCUT2D eigenvalue weighted by molar-refractivity contribution is -0.145. The van der Waals surface area contributed by atoms with Crippen molar-refractivity contribution in [3.8, 4) is 0 Å². The normalized spacial score (nSPS) is 10.7. The molecule has 0 aliphatic rings. The van der Waals surface area contributed by atoms with Crippen LogP contribution in [0.4, 0.5) is 0 Å². The molecule has 0 radical (unpaired) electrons. The molecule has 0 saturated carbocycles. The maximum Gasteiger partial charge on any atom is 0.305 e. The second kappa shape index (κ2) is 9.93. The minimum absolute atomic E-state index is 0.139. The maximum atomic E-state index is 11.1. The topological polar surface area (TPSA) is 61.5 Å². The molecule has 0 aliphatic carbocycles. The molecule has 15 heavy (non-hydrogen) atoms. The third-order valence-electron chi connectivity index (χ3n) is 1.88. The van der Waals surface area contributed by atoms with Gasteiger partial charge in [0.1, 0.15) is 6.61 Å². The van der Waals surface area contributed by atoms with E-state index >= 15 is 0 Å². The van der Waals surface area contributed by atoms with Gasteiger partial charge in [0.15, 0.2) is 0 Å². The summed E-state index contributed by atoms with van der Waals surface area (Å²) in [5.74, 6) is -0.139. The molecular formula is C11H23NO3. The van der Waals surface area contributed by atoms with Crippen LogP contribution in [0.15, 0.2) is 0 Å². The highest BCUT2D eigenvalue weighted by atomic mass is 16.6. The number of carbonyl (C=O) groups excluding carboxylic acids is 1. The number of carbonyl (C=O) groups is 1. The van der Waals surface area contributed by atoms with Gasteiger partial charge in [0.25, 0.3) is 0 Å². The van der Waals surface area contributed by atoms with Crippen LogP contribution in [0.2, 0.25) is 0 Å². The average Bonchev–Trinajstić information content (AvgIpc) is 2.19. The highest BCUT2D eigenvalue weighted by molar-refractivity contribution is 5.69. The molecule has 2 N–H and O–H groups in total. The van der Waals surface area contributed by atoms with Gasteiger partial charge in [-0.15, -0.1) is 0 Å². The molecule has 0 saturated heterocycles. The number of hydrogen-bond donors (Lipinski definition) is 1. The molecule has 4 heteroatoms. The Hall–Kier alpha value is -0.610. The molecule has 0 aromatic heterocycles. The number of rotatable bonds is 9. The molecule has 0 spiro atoms. The van der Waals surface area contributed by atoms with Crippen LogP contribution < -0.4 is 5.73 Å². The quantitative estimate of drug-likeness (QED) is 0.469. The summed E-state index contributed by atoms with van der Waals surface area (Å²) in [6.45, 7) is 5.43. The van der Waals surface area contributed by atoms with Gasteiger partial charge in [-0.05, 0) is 33.2 Å². The Morgan fingerprint density at radius 3 is 2.53 bits per heavy atom. The summed E-state index contributed by atoms with van der Waals surface area (Å²) in [5.41, 5.74) is 5.34. The zero-order valence-corrected chi connectivity index (χ0v) is 9.83. The lowest BCUT2D eigenvalue weighted by Gasteiger charge is -2.08. The SMILES string of the molecule is CC(C)OCCOC(=O)CCCCCN. The van der Waals surface area contributed by atoms with Crippen LogP contribution in [0, 0.1) is 0 Å². The predicted molar refractivity (Wildman–Crippen MR) is 59.6 cm³/mol. The number of hydrogen-bond acceptors (Lipinski definition) is 4. The first-order chi connectivity index (χ1) is 7.16. The van der Waals surface area contributed by atoms with E-state index in [1.165, 1.54) is 0 Å². The van der Waals surface area contributed by atoms with Crippen molar-refractivity contribution in [1.29, 1.82) is 0 Å². The minimum atomic E-state index is -0.139. The Labute approximate surface area is 92.1 Å². The highest BCUT2D eigenvalue weighted by Gasteiger charge is 2.02. The van der Waals surface area contributed by atoms with E-state index in [2.05, 4.69) is 0 Å². The summed E-state index contributed by atoms with van der Waals surface area (Å²) in [4.78, 5) is 11.1. The van der Waals surface area contributed by atoms with Crippen molar-refractivity contribution in [2.75, 3.05) is 19.8 Å². The molecular weight excluding hydrogens is 194 g/mol. The van der Waals surface area contributed by atoms with Gasteiger partial charge in [0.05, 0.1) is 12.7 Å². The fourth-order valence-corrected chi connectivity index (χ4v) is 1.10. The zero-order valence-electron chi connectivity index (χ0n) is 9.83. The van der Waals surface area contributed by atoms with Gasteiger partial charge in [0.2, 0.25) is 0 Å². The second-order valence-electron chi connectivity index (χ2n) is 3.74. The third-order valence-corrected chi connectivity index (χ3v) is 1.88. The predicted octanol–water partition coefficient (Wildman–Crippen LogP) is 1.47. The van der Waals surface area contributed by atoms with Crippen molar-refractivity contribution < 1.29 is 14.3 Å². The van der Waals surface area contributed by atoms with Crippen LogP contribution in [0.1, 0.15) is 39.5 Å². The van der Waals surface area contributed by atoms with Gasteiger partial charge in [-0.2, -0.15) is 0 Å². The van der Waals surface area contributed by atoms with Gasteiger partial charge in [-0.1, -0.05) is 6.42 Å². The van der Waals surface area contributed by atoms with E-state index < -0.39 is 0 Å². The molecule has 0 fully saturated rings. The molecule has 0 amide bonds. The molecule has 0 aromatic rings. The average molecular weight is 217 g/mol. The smallest absolute Gasteiger partial charge is 0.305 e. The van der Waals surface area contributed by atoms with Crippen LogP contribution in [-0.4, -0.2) is 31.8 Å². The number of esters is 1. The maximum absolute atomic E-state index is 11.1. The standard InChI is InChI=1S/C11H23NO3/c1-10(2)14-8-9-15-11(13)6-4-3-5-7-12/h10H,3-9,12H2,1-2H3. The van der Waals surface area contributed by atoms with Crippen molar-refractivity contribution in [2.24, 2.45) is 5.73 Å². The summed E-state index contributed by atoms with van der Waals surface area (Å²) in [6.07, 6.45) is 3.51.